The van der Waals surface area contributed by atoms with Gasteiger partial charge in [0.1, 0.15) is 0 Å². The van der Waals surface area contributed by atoms with Crippen LogP contribution in [-0.4, -0.2) is 38.2 Å². The summed E-state index contributed by atoms with van der Waals surface area (Å²) in [7, 11) is -3.20. The number of piperidine rings is 1. The largest absolute Gasteiger partial charge is 0.326 e. The van der Waals surface area contributed by atoms with E-state index >= 15 is 0 Å². The SMILES string of the molecule is CCC1CCCCN1CCS(=O)(=O)c1ccc(CN)cc1. The Bertz CT molecular complexity index is 540. The van der Waals surface area contributed by atoms with Crippen molar-refractivity contribution in [2.24, 2.45) is 5.73 Å². The normalized spacial score (nSPS) is 20.6. The number of sulfone groups is 1. The summed E-state index contributed by atoms with van der Waals surface area (Å²) in [6, 6.07) is 7.48. The van der Waals surface area contributed by atoms with Crippen molar-refractivity contribution in [3.63, 3.8) is 0 Å². The average molecular weight is 310 g/mol. The van der Waals surface area contributed by atoms with E-state index in [4.69, 9.17) is 5.73 Å². The minimum Gasteiger partial charge on any atom is -0.326 e. The number of nitrogens with two attached hydrogens (primary N) is 1. The molecule has 1 atom stereocenters. The maximum absolute atomic E-state index is 12.4. The number of hydrogen-bond donors (Lipinski definition) is 1. The Hall–Kier alpha value is -0.910. The van der Waals surface area contributed by atoms with E-state index in [-0.39, 0.29) is 5.75 Å². The predicted octanol–water partition coefficient (Wildman–Crippen LogP) is 2.18. The molecule has 0 aromatic heterocycles. The van der Waals surface area contributed by atoms with Crippen molar-refractivity contribution < 1.29 is 8.42 Å². The molecule has 0 aliphatic carbocycles. The maximum atomic E-state index is 12.4. The number of nitrogens with zero attached hydrogens (tertiary/aromatic N) is 1. The molecule has 1 saturated heterocycles. The predicted molar refractivity (Wildman–Crippen MR) is 85.9 cm³/mol. The molecule has 0 saturated carbocycles. The Kier molecular flexibility index (Phi) is 5.79. The lowest BCUT2D eigenvalue weighted by Crippen LogP contribution is -2.41. The van der Waals surface area contributed by atoms with Crippen molar-refractivity contribution >= 4 is 9.84 Å². The molecule has 0 spiro atoms. The second kappa shape index (κ2) is 7.38. The summed E-state index contributed by atoms with van der Waals surface area (Å²) >= 11 is 0. The molecule has 1 aromatic carbocycles. The van der Waals surface area contributed by atoms with Crippen LogP contribution < -0.4 is 5.73 Å². The zero-order valence-corrected chi connectivity index (χ0v) is 13.6. The van der Waals surface area contributed by atoms with Gasteiger partial charge in [0, 0.05) is 19.1 Å². The summed E-state index contributed by atoms with van der Waals surface area (Å²) in [6.45, 7) is 4.29. The third-order valence-corrected chi connectivity index (χ3v) is 6.10. The van der Waals surface area contributed by atoms with Crippen LogP contribution in [0, 0.1) is 0 Å². The van der Waals surface area contributed by atoms with E-state index in [1.54, 1.807) is 24.3 Å². The third-order valence-electron chi connectivity index (χ3n) is 4.39. The minimum atomic E-state index is -3.20. The van der Waals surface area contributed by atoms with E-state index in [9.17, 15) is 8.42 Å². The third kappa shape index (κ3) is 4.28. The second-order valence-corrected chi connectivity index (χ2v) is 7.87. The van der Waals surface area contributed by atoms with Crippen LogP contribution in [-0.2, 0) is 16.4 Å². The molecule has 2 rings (SSSR count). The molecule has 1 aliphatic heterocycles. The maximum Gasteiger partial charge on any atom is 0.179 e. The molecule has 21 heavy (non-hydrogen) atoms. The zero-order valence-electron chi connectivity index (χ0n) is 12.8. The van der Waals surface area contributed by atoms with Crippen molar-refractivity contribution in [3.8, 4) is 0 Å². The average Bonchev–Trinajstić information content (AvgIpc) is 2.53. The first-order valence-electron chi connectivity index (χ1n) is 7.82. The van der Waals surface area contributed by atoms with Crippen molar-refractivity contribution in [3.05, 3.63) is 29.8 Å². The first-order valence-corrected chi connectivity index (χ1v) is 9.48. The molecule has 1 unspecified atom stereocenters. The molecular weight excluding hydrogens is 284 g/mol. The lowest BCUT2D eigenvalue weighted by atomic mass is 10.0. The van der Waals surface area contributed by atoms with Crippen LogP contribution in [0.1, 0.15) is 38.2 Å². The Balaban J connectivity index is 1.99. The highest BCUT2D eigenvalue weighted by molar-refractivity contribution is 7.91. The van der Waals surface area contributed by atoms with Gasteiger partial charge >= 0.3 is 0 Å². The van der Waals surface area contributed by atoms with Crippen LogP contribution in [0.4, 0.5) is 0 Å². The molecule has 1 aliphatic rings. The Morgan fingerprint density at radius 2 is 1.95 bits per heavy atom. The molecule has 0 radical (unpaired) electrons. The van der Waals surface area contributed by atoms with E-state index < -0.39 is 9.84 Å². The van der Waals surface area contributed by atoms with Gasteiger partial charge in [-0.2, -0.15) is 0 Å². The Morgan fingerprint density at radius 1 is 1.24 bits per heavy atom. The molecule has 1 aromatic rings. The zero-order chi connectivity index (χ0) is 15.3. The van der Waals surface area contributed by atoms with Gasteiger partial charge in [0.2, 0.25) is 0 Å². The van der Waals surface area contributed by atoms with Gasteiger partial charge in [0.15, 0.2) is 9.84 Å². The Labute approximate surface area is 128 Å². The van der Waals surface area contributed by atoms with Crippen molar-refractivity contribution in [1.29, 1.82) is 0 Å². The van der Waals surface area contributed by atoms with Crippen molar-refractivity contribution in [1.82, 2.24) is 4.90 Å². The van der Waals surface area contributed by atoms with Crippen LogP contribution in [0.5, 0.6) is 0 Å². The smallest absolute Gasteiger partial charge is 0.179 e. The molecule has 1 heterocycles. The lowest BCUT2D eigenvalue weighted by molar-refractivity contribution is 0.153. The molecule has 5 heteroatoms. The minimum absolute atomic E-state index is 0.200. The van der Waals surface area contributed by atoms with Crippen LogP contribution in [0.3, 0.4) is 0 Å². The topological polar surface area (TPSA) is 63.4 Å². The van der Waals surface area contributed by atoms with Gasteiger partial charge in [-0.3, -0.25) is 4.90 Å². The molecule has 0 amide bonds. The van der Waals surface area contributed by atoms with Crippen LogP contribution >= 0.6 is 0 Å². The molecule has 0 bridgehead atoms. The number of likely N-dealkylation sites (tertiary alicyclic amines) is 1. The molecule has 4 nitrogen and oxygen atoms in total. The van der Waals surface area contributed by atoms with E-state index in [2.05, 4.69) is 11.8 Å². The summed E-state index contributed by atoms with van der Waals surface area (Å²) in [4.78, 5) is 2.75. The van der Waals surface area contributed by atoms with Crippen LogP contribution in [0.15, 0.2) is 29.2 Å². The highest BCUT2D eigenvalue weighted by Gasteiger charge is 2.23. The first kappa shape index (κ1) is 16.5. The van der Waals surface area contributed by atoms with Gasteiger partial charge in [0.05, 0.1) is 10.6 Å². The summed E-state index contributed by atoms with van der Waals surface area (Å²) in [5.74, 6) is 0.200. The first-order chi connectivity index (χ1) is 10.1. The summed E-state index contributed by atoms with van der Waals surface area (Å²) in [5, 5.41) is 0. The van der Waals surface area contributed by atoms with Crippen molar-refractivity contribution in [2.45, 2.75) is 50.1 Å². The fraction of sp³-hybridized carbons (Fsp3) is 0.625. The molecule has 2 N–H and O–H groups in total. The number of hydrogen-bond acceptors (Lipinski definition) is 4. The fourth-order valence-corrected chi connectivity index (χ4v) is 4.27. The summed E-state index contributed by atoms with van der Waals surface area (Å²) in [5.41, 5.74) is 6.49. The van der Waals surface area contributed by atoms with Gasteiger partial charge in [0.25, 0.3) is 0 Å². The molecule has 1 fully saturated rings. The van der Waals surface area contributed by atoms with Gasteiger partial charge in [-0.1, -0.05) is 25.5 Å². The van der Waals surface area contributed by atoms with E-state index in [0.717, 1.165) is 18.5 Å². The fourth-order valence-electron chi connectivity index (χ4n) is 3.00. The lowest BCUT2D eigenvalue weighted by Gasteiger charge is -2.35. The number of rotatable bonds is 6. The second-order valence-electron chi connectivity index (χ2n) is 5.76. The van der Waals surface area contributed by atoms with E-state index in [1.165, 1.54) is 19.3 Å². The van der Waals surface area contributed by atoms with E-state index in [1.807, 2.05) is 0 Å². The van der Waals surface area contributed by atoms with Gasteiger partial charge in [-0.15, -0.1) is 0 Å². The summed E-state index contributed by atoms with van der Waals surface area (Å²) in [6.07, 6.45) is 4.75. The quantitative estimate of drug-likeness (QED) is 0.875. The van der Waals surface area contributed by atoms with Gasteiger partial charge in [-0.25, -0.2) is 8.42 Å². The monoisotopic (exact) mass is 310 g/mol. The number of benzene rings is 1. The van der Waals surface area contributed by atoms with Crippen LogP contribution in [0.25, 0.3) is 0 Å². The van der Waals surface area contributed by atoms with Gasteiger partial charge in [-0.05, 0) is 43.5 Å². The summed E-state index contributed by atoms with van der Waals surface area (Å²) < 4.78 is 24.8. The van der Waals surface area contributed by atoms with Crippen LogP contribution in [0.2, 0.25) is 0 Å². The Morgan fingerprint density at radius 3 is 2.57 bits per heavy atom. The van der Waals surface area contributed by atoms with E-state index in [0.29, 0.717) is 24.0 Å². The van der Waals surface area contributed by atoms with Gasteiger partial charge < -0.3 is 5.73 Å². The standard InChI is InChI=1S/C16H26N2O2S/c1-2-15-5-3-4-10-18(15)11-12-21(19,20)16-8-6-14(13-17)7-9-16/h6-9,15H,2-5,10-13,17H2,1H3. The molecular formula is C16H26N2O2S. The highest BCUT2D eigenvalue weighted by Crippen LogP contribution is 2.20. The highest BCUT2D eigenvalue weighted by atomic mass is 32.2. The van der Waals surface area contributed by atoms with Crippen molar-refractivity contribution in [2.75, 3.05) is 18.8 Å². The molecule has 118 valence electrons.